The van der Waals surface area contributed by atoms with Crippen molar-refractivity contribution in [2.75, 3.05) is 26.2 Å². The van der Waals surface area contributed by atoms with Crippen LogP contribution in [0, 0.1) is 0 Å². The minimum atomic E-state index is 0.0734. The molecule has 2 unspecified atom stereocenters. The van der Waals surface area contributed by atoms with Crippen molar-refractivity contribution >= 4 is 0 Å². The van der Waals surface area contributed by atoms with Crippen LogP contribution >= 0.6 is 0 Å². The Morgan fingerprint density at radius 3 is 2.57 bits per heavy atom. The monoisotopic (exact) mass is 290 g/mol. The van der Waals surface area contributed by atoms with Crippen LogP contribution in [0.4, 0.5) is 0 Å². The van der Waals surface area contributed by atoms with Crippen LogP contribution in [-0.4, -0.2) is 37.2 Å². The molecule has 0 aromatic heterocycles. The fourth-order valence-electron chi connectivity index (χ4n) is 2.86. The van der Waals surface area contributed by atoms with Gasteiger partial charge in [0.05, 0.1) is 6.10 Å². The normalized spacial score (nSPS) is 22.8. The van der Waals surface area contributed by atoms with Crippen LogP contribution in [0.2, 0.25) is 0 Å². The molecule has 0 amide bonds. The number of rotatable bonds is 3. The maximum Gasteiger partial charge on any atom is 0.0673 e. The van der Waals surface area contributed by atoms with E-state index in [-0.39, 0.29) is 11.5 Å². The molecule has 1 aliphatic rings. The van der Waals surface area contributed by atoms with E-state index in [0.29, 0.717) is 6.10 Å². The van der Waals surface area contributed by atoms with E-state index < -0.39 is 0 Å². The van der Waals surface area contributed by atoms with Crippen molar-refractivity contribution in [1.82, 2.24) is 4.90 Å². The Morgan fingerprint density at radius 1 is 1.29 bits per heavy atom. The molecule has 1 aromatic carbocycles. The molecule has 1 fully saturated rings. The molecule has 118 valence electrons. The molecular formula is C18H30N2O. The zero-order valence-electron chi connectivity index (χ0n) is 13.9. The van der Waals surface area contributed by atoms with Gasteiger partial charge in [-0.2, -0.15) is 0 Å². The first-order valence-corrected chi connectivity index (χ1v) is 8.06. The fraction of sp³-hybridized carbons (Fsp3) is 0.667. The summed E-state index contributed by atoms with van der Waals surface area (Å²) in [6, 6.07) is 8.86. The topological polar surface area (TPSA) is 38.5 Å². The molecule has 1 saturated heterocycles. The molecule has 0 spiro atoms. The summed E-state index contributed by atoms with van der Waals surface area (Å²) < 4.78 is 5.69. The summed E-state index contributed by atoms with van der Waals surface area (Å²) in [5, 5.41) is 0. The lowest BCUT2D eigenvalue weighted by Gasteiger charge is -2.26. The van der Waals surface area contributed by atoms with Crippen molar-refractivity contribution in [2.24, 2.45) is 5.73 Å². The lowest BCUT2D eigenvalue weighted by atomic mass is 9.86. The average molecular weight is 290 g/mol. The number of nitrogens with two attached hydrogens (primary N) is 1. The smallest absolute Gasteiger partial charge is 0.0673 e. The lowest BCUT2D eigenvalue weighted by molar-refractivity contribution is 0.0670. The second-order valence-corrected chi connectivity index (χ2v) is 7.27. The van der Waals surface area contributed by atoms with Gasteiger partial charge in [-0.05, 0) is 29.9 Å². The fourth-order valence-corrected chi connectivity index (χ4v) is 2.86. The minimum absolute atomic E-state index is 0.0734. The summed E-state index contributed by atoms with van der Waals surface area (Å²) >= 11 is 0. The summed E-state index contributed by atoms with van der Waals surface area (Å²) in [5.41, 5.74) is 9.17. The molecule has 1 heterocycles. The second-order valence-electron chi connectivity index (χ2n) is 7.27. The molecule has 21 heavy (non-hydrogen) atoms. The second kappa shape index (κ2) is 6.91. The Balaban J connectivity index is 1.97. The van der Waals surface area contributed by atoms with Gasteiger partial charge < -0.3 is 10.5 Å². The highest BCUT2D eigenvalue weighted by Crippen LogP contribution is 2.24. The Hall–Kier alpha value is -0.900. The van der Waals surface area contributed by atoms with Gasteiger partial charge in [-0.3, -0.25) is 4.90 Å². The molecule has 0 aliphatic carbocycles. The van der Waals surface area contributed by atoms with E-state index >= 15 is 0 Å². The van der Waals surface area contributed by atoms with Crippen molar-refractivity contribution in [1.29, 1.82) is 0 Å². The third-order valence-corrected chi connectivity index (χ3v) is 4.20. The van der Waals surface area contributed by atoms with Crippen LogP contribution in [0.25, 0.3) is 0 Å². The zero-order valence-corrected chi connectivity index (χ0v) is 13.9. The third kappa shape index (κ3) is 4.80. The molecule has 2 N–H and O–H groups in total. The minimum Gasteiger partial charge on any atom is -0.377 e. The van der Waals surface area contributed by atoms with Gasteiger partial charge in [-0.1, -0.05) is 45.0 Å². The van der Waals surface area contributed by atoms with E-state index in [4.69, 9.17) is 10.5 Å². The van der Waals surface area contributed by atoms with Gasteiger partial charge in [0.2, 0.25) is 0 Å². The van der Waals surface area contributed by atoms with Crippen LogP contribution in [0.1, 0.15) is 51.3 Å². The Morgan fingerprint density at radius 2 is 1.95 bits per heavy atom. The van der Waals surface area contributed by atoms with Crippen molar-refractivity contribution in [3.63, 3.8) is 0 Å². The first kappa shape index (κ1) is 16.5. The molecule has 3 heteroatoms. The first-order chi connectivity index (χ1) is 9.86. The molecule has 0 bridgehead atoms. The van der Waals surface area contributed by atoms with Gasteiger partial charge in [0.25, 0.3) is 0 Å². The summed E-state index contributed by atoms with van der Waals surface area (Å²) in [5.74, 6) is 0. The molecular weight excluding hydrogens is 260 g/mol. The predicted molar refractivity (Wildman–Crippen MR) is 88.5 cm³/mol. The summed E-state index contributed by atoms with van der Waals surface area (Å²) in [7, 11) is 0. The van der Waals surface area contributed by atoms with Crippen LogP contribution in [0.3, 0.4) is 0 Å². The van der Waals surface area contributed by atoms with Crippen molar-refractivity contribution in [2.45, 2.75) is 51.7 Å². The maximum atomic E-state index is 6.40. The molecule has 1 aromatic rings. The summed E-state index contributed by atoms with van der Waals surface area (Å²) in [4.78, 5) is 2.43. The average Bonchev–Trinajstić information content (AvgIpc) is 2.62. The van der Waals surface area contributed by atoms with Crippen LogP contribution in [0.5, 0.6) is 0 Å². The number of hydrogen-bond donors (Lipinski definition) is 1. The molecule has 0 saturated carbocycles. The van der Waals surface area contributed by atoms with Gasteiger partial charge in [0.1, 0.15) is 0 Å². The van der Waals surface area contributed by atoms with Crippen LogP contribution in [0.15, 0.2) is 24.3 Å². The lowest BCUT2D eigenvalue weighted by Crippen LogP contribution is -2.36. The van der Waals surface area contributed by atoms with Crippen molar-refractivity contribution in [3.05, 3.63) is 35.4 Å². The number of hydrogen-bond acceptors (Lipinski definition) is 3. The van der Waals surface area contributed by atoms with Gasteiger partial charge in [-0.15, -0.1) is 0 Å². The van der Waals surface area contributed by atoms with E-state index in [1.165, 1.54) is 11.1 Å². The van der Waals surface area contributed by atoms with Crippen molar-refractivity contribution < 1.29 is 4.74 Å². The van der Waals surface area contributed by atoms with Crippen LogP contribution < -0.4 is 5.73 Å². The Bertz CT molecular complexity index is 436. The SMILES string of the molecule is CC1CN(CC(N)c2ccc(C(C)(C)C)cc2)CCCO1. The molecule has 3 nitrogen and oxygen atoms in total. The van der Waals surface area contributed by atoms with Crippen LogP contribution in [-0.2, 0) is 10.2 Å². The van der Waals surface area contributed by atoms with Gasteiger partial charge in [-0.25, -0.2) is 0 Å². The van der Waals surface area contributed by atoms with Gasteiger partial charge in [0.15, 0.2) is 0 Å². The summed E-state index contributed by atoms with van der Waals surface area (Å²) in [6.07, 6.45) is 1.41. The third-order valence-electron chi connectivity index (χ3n) is 4.20. The predicted octanol–water partition coefficient (Wildman–Crippen LogP) is 3.09. The van der Waals surface area contributed by atoms with Crippen molar-refractivity contribution in [3.8, 4) is 0 Å². The molecule has 1 aliphatic heterocycles. The summed E-state index contributed by atoms with van der Waals surface area (Å²) in [6.45, 7) is 12.7. The van der Waals surface area contributed by atoms with E-state index in [2.05, 4.69) is 56.9 Å². The number of benzene rings is 1. The standard InChI is InChI=1S/C18H30N2O/c1-14-12-20(10-5-11-21-14)13-17(19)15-6-8-16(9-7-15)18(2,3)4/h6-9,14,17H,5,10-13,19H2,1-4H3. The maximum absolute atomic E-state index is 6.40. The highest BCUT2D eigenvalue weighted by molar-refractivity contribution is 5.29. The number of ether oxygens (including phenoxy) is 1. The highest BCUT2D eigenvalue weighted by atomic mass is 16.5. The van der Waals surface area contributed by atoms with E-state index in [0.717, 1.165) is 32.7 Å². The number of nitrogens with zero attached hydrogens (tertiary/aromatic N) is 1. The van der Waals surface area contributed by atoms with Gasteiger partial charge >= 0.3 is 0 Å². The molecule has 2 atom stereocenters. The first-order valence-electron chi connectivity index (χ1n) is 8.06. The quantitative estimate of drug-likeness (QED) is 0.929. The van der Waals surface area contributed by atoms with Gasteiger partial charge in [0, 0.05) is 32.3 Å². The Labute approximate surface area is 129 Å². The van der Waals surface area contributed by atoms with E-state index in [9.17, 15) is 0 Å². The zero-order chi connectivity index (χ0) is 15.5. The van der Waals surface area contributed by atoms with E-state index in [1.807, 2.05) is 0 Å². The molecule has 0 radical (unpaired) electrons. The molecule has 2 rings (SSSR count). The largest absolute Gasteiger partial charge is 0.377 e. The van der Waals surface area contributed by atoms with E-state index in [1.54, 1.807) is 0 Å². The highest BCUT2D eigenvalue weighted by Gasteiger charge is 2.19. The Kier molecular flexibility index (Phi) is 5.42.